The Balaban J connectivity index is 2.43. The van der Waals surface area contributed by atoms with Crippen LogP contribution in [0.25, 0.3) is 0 Å². The predicted octanol–water partition coefficient (Wildman–Crippen LogP) is 4.00. The molecule has 18 heavy (non-hydrogen) atoms. The number of hydrogen-bond acceptors (Lipinski definition) is 1. The summed E-state index contributed by atoms with van der Waals surface area (Å²) in [5.41, 5.74) is -2.60. The minimum atomic E-state index is -4.52. The van der Waals surface area contributed by atoms with Crippen molar-refractivity contribution in [1.29, 1.82) is 0 Å². The lowest BCUT2D eigenvalue weighted by molar-refractivity contribution is -0.137. The Morgan fingerprint density at radius 3 is 2.22 bits per heavy atom. The third kappa shape index (κ3) is 2.51. The summed E-state index contributed by atoms with van der Waals surface area (Å²) >= 11 is 0. The van der Waals surface area contributed by atoms with Gasteiger partial charge in [0.2, 0.25) is 0 Å². The molecule has 0 heterocycles. The Kier molecular flexibility index (Phi) is 3.36. The van der Waals surface area contributed by atoms with Gasteiger partial charge in [0.1, 0.15) is 5.82 Å². The van der Waals surface area contributed by atoms with Crippen molar-refractivity contribution >= 4 is 0 Å². The summed E-state index contributed by atoms with van der Waals surface area (Å²) in [6.07, 6.45) is -1.58. The van der Waals surface area contributed by atoms with Crippen LogP contribution in [-0.4, -0.2) is 5.11 Å². The van der Waals surface area contributed by atoms with Gasteiger partial charge < -0.3 is 5.11 Å². The van der Waals surface area contributed by atoms with E-state index in [1.807, 2.05) is 0 Å². The van der Waals surface area contributed by atoms with Gasteiger partial charge in [-0.2, -0.15) is 13.2 Å². The molecule has 1 aromatic carbocycles. The summed E-state index contributed by atoms with van der Waals surface area (Å²) in [7, 11) is 0. The predicted molar refractivity (Wildman–Crippen MR) is 58.4 cm³/mol. The first-order valence-electron chi connectivity index (χ1n) is 5.92. The second-order valence-electron chi connectivity index (χ2n) is 4.78. The fourth-order valence-electron chi connectivity index (χ4n) is 2.46. The van der Waals surface area contributed by atoms with Crippen molar-refractivity contribution in [2.45, 2.75) is 43.9 Å². The van der Waals surface area contributed by atoms with E-state index >= 15 is 0 Å². The van der Waals surface area contributed by atoms with E-state index in [1.165, 1.54) is 0 Å². The Morgan fingerprint density at radius 1 is 1.06 bits per heavy atom. The van der Waals surface area contributed by atoms with Crippen LogP contribution >= 0.6 is 0 Å². The van der Waals surface area contributed by atoms with Crippen LogP contribution in [0.4, 0.5) is 17.6 Å². The van der Waals surface area contributed by atoms with Crippen LogP contribution in [0.2, 0.25) is 0 Å². The summed E-state index contributed by atoms with van der Waals surface area (Å²) in [5.74, 6) is -0.771. The van der Waals surface area contributed by atoms with Crippen LogP contribution in [-0.2, 0) is 11.8 Å². The highest BCUT2D eigenvalue weighted by Crippen LogP contribution is 2.40. The van der Waals surface area contributed by atoms with Crippen molar-refractivity contribution in [3.8, 4) is 0 Å². The molecule has 1 aromatic rings. The lowest BCUT2D eigenvalue weighted by atomic mass is 9.79. The molecule has 0 aromatic heterocycles. The fourth-order valence-corrected chi connectivity index (χ4v) is 2.46. The molecule has 0 unspecified atom stereocenters. The average molecular weight is 262 g/mol. The first-order chi connectivity index (χ1) is 8.33. The number of rotatable bonds is 1. The summed E-state index contributed by atoms with van der Waals surface area (Å²) in [6, 6.07) is 2.22. The molecule has 1 fully saturated rings. The molecule has 0 atom stereocenters. The summed E-state index contributed by atoms with van der Waals surface area (Å²) in [6.45, 7) is 0. The van der Waals surface area contributed by atoms with E-state index in [-0.39, 0.29) is 5.56 Å². The highest BCUT2D eigenvalue weighted by Gasteiger charge is 2.37. The van der Waals surface area contributed by atoms with E-state index in [4.69, 9.17) is 0 Å². The maximum atomic E-state index is 13.7. The summed E-state index contributed by atoms with van der Waals surface area (Å²) in [5, 5.41) is 10.3. The fraction of sp³-hybridized carbons (Fsp3) is 0.538. The van der Waals surface area contributed by atoms with Gasteiger partial charge in [-0.15, -0.1) is 0 Å². The van der Waals surface area contributed by atoms with Gasteiger partial charge in [0, 0.05) is 5.56 Å². The first-order valence-corrected chi connectivity index (χ1v) is 5.92. The van der Waals surface area contributed by atoms with Crippen LogP contribution in [0, 0.1) is 5.82 Å². The molecular weight excluding hydrogens is 248 g/mol. The molecule has 1 aliphatic rings. The monoisotopic (exact) mass is 262 g/mol. The molecule has 0 saturated heterocycles. The van der Waals surface area contributed by atoms with Gasteiger partial charge in [0.25, 0.3) is 0 Å². The lowest BCUT2D eigenvalue weighted by Crippen LogP contribution is -2.30. The molecule has 1 aliphatic carbocycles. The highest BCUT2D eigenvalue weighted by atomic mass is 19.4. The molecule has 0 radical (unpaired) electrons. The van der Waals surface area contributed by atoms with E-state index in [1.54, 1.807) is 0 Å². The molecule has 1 N–H and O–H groups in total. The standard InChI is InChI=1S/C13H14F4O/c14-11-5-4-9(13(15,16)17)8-10(11)12(18)6-2-1-3-7-12/h4-5,8,18H,1-3,6-7H2. The Labute approximate surface area is 102 Å². The molecule has 2 rings (SSSR count). The first kappa shape index (κ1) is 13.3. The Bertz CT molecular complexity index is 433. The summed E-state index contributed by atoms with van der Waals surface area (Å²) < 4.78 is 51.4. The minimum Gasteiger partial charge on any atom is -0.385 e. The van der Waals surface area contributed by atoms with Crippen LogP contribution in [0.15, 0.2) is 18.2 Å². The van der Waals surface area contributed by atoms with E-state index < -0.39 is 23.2 Å². The van der Waals surface area contributed by atoms with Crippen molar-refractivity contribution in [2.24, 2.45) is 0 Å². The summed E-state index contributed by atoms with van der Waals surface area (Å²) in [4.78, 5) is 0. The Morgan fingerprint density at radius 2 is 1.67 bits per heavy atom. The molecule has 0 amide bonds. The van der Waals surface area contributed by atoms with E-state index in [0.717, 1.165) is 18.6 Å². The van der Waals surface area contributed by atoms with Crippen molar-refractivity contribution < 1.29 is 22.7 Å². The molecule has 0 bridgehead atoms. The normalized spacial score (nSPS) is 19.8. The smallest absolute Gasteiger partial charge is 0.385 e. The van der Waals surface area contributed by atoms with Crippen LogP contribution in [0.1, 0.15) is 43.2 Å². The second-order valence-corrected chi connectivity index (χ2v) is 4.78. The molecule has 100 valence electrons. The van der Waals surface area contributed by atoms with Crippen LogP contribution in [0.5, 0.6) is 0 Å². The maximum Gasteiger partial charge on any atom is 0.416 e. The van der Waals surface area contributed by atoms with Gasteiger partial charge in [-0.3, -0.25) is 0 Å². The van der Waals surface area contributed by atoms with Crippen molar-refractivity contribution in [2.75, 3.05) is 0 Å². The van der Waals surface area contributed by atoms with Gasteiger partial charge in [-0.05, 0) is 31.0 Å². The zero-order valence-corrected chi connectivity index (χ0v) is 9.73. The lowest BCUT2D eigenvalue weighted by Gasteiger charge is -2.33. The molecular formula is C13H14F4O. The van der Waals surface area contributed by atoms with Gasteiger partial charge >= 0.3 is 6.18 Å². The largest absolute Gasteiger partial charge is 0.416 e. The van der Waals surface area contributed by atoms with Crippen LogP contribution in [0.3, 0.4) is 0 Å². The molecule has 0 spiro atoms. The SMILES string of the molecule is OC1(c2cc(C(F)(F)F)ccc2F)CCCCC1. The number of hydrogen-bond donors (Lipinski definition) is 1. The second kappa shape index (κ2) is 4.53. The van der Waals surface area contributed by atoms with E-state index in [2.05, 4.69) is 0 Å². The maximum absolute atomic E-state index is 13.7. The topological polar surface area (TPSA) is 20.2 Å². The zero-order valence-electron chi connectivity index (χ0n) is 9.73. The van der Waals surface area contributed by atoms with Crippen molar-refractivity contribution in [1.82, 2.24) is 0 Å². The number of benzene rings is 1. The third-order valence-corrected chi connectivity index (χ3v) is 3.48. The minimum absolute atomic E-state index is 0.225. The van der Waals surface area contributed by atoms with Gasteiger partial charge in [-0.25, -0.2) is 4.39 Å². The van der Waals surface area contributed by atoms with Gasteiger partial charge in [0.05, 0.1) is 11.2 Å². The molecule has 5 heteroatoms. The Hall–Kier alpha value is -1.10. The van der Waals surface area contributed by atoms with E-state index in [0.29, 0.717) is 31.7 Å². The van der Waals surface area contributed by atoms with Crippen molar-refractivity contribution in [3.63, 3.8) is 0 Å². The molecule has 0 aliphatic heterocycles. The van der Waals surface area contributed by atoms with E-state index in [9.17, 15) is 22.7 Å². The number of halogens is 4. The highest BCUT2D eigenvalue weighted by molar-refractivity contribution is 5.31. The zero-order chi connectivity index (χ0) is 13.4. The number of alkyl halides is 3. The molecule has 1 nitrogen and oxygen atoms in total. The average Bonchev–Trinajstić information content (AvgIpc) is 2.28. The van der Waals surface area contributed by atoms with Crippen LogP contribution < -0.4 is 0 Å². The quantitative estimate of drug-likeness (QED) is 0.758. The number of aliphatic hydroxyl groups is 1. The van der Waals surface area contributed by atoms with Gasteiger partial charge in [-0.1, -0.05) is 19.3 Å². The van der Waals surface area contributed by atoms with Crippen molar-refractivity contribution in [3.05, 3.63) is 35.1 Å². The third-order valence-electron chi connectivity index (χ3n) is 3.48. The molecule has 1 saturated carbocycles. The van der Waals surface area contributed by atoms with Gasteiger partial charge in [0.15, 0.2) is 0 Å².